The second-order valence-corrected chi connectivity index (χ2v) is 6.47. The first-order chi connectivity index (χ1) is 11.1. The first-order valence-corrected chi connectivity index (χ1v) is 8.35. The molecule has 1 aliphatic heterocycles. The predicted molar refractivity (Wildman–Crippen MR) is 89.6 cm³/mol. The molecule has 2 aromatic rings. The summed E-state index contributed by atoms with van der Waals surface area (Å²) < 4.78 is 13.2. The van der Waals surface area contributed by atoms with Crippen LogP contribution in [0.1, 0.15) is 31.4 Å². The van der Waals surface area contributed by atoms with E-state index in [-0.39, 0.29) is 11.7 Å². The lowest BCUT2D eigenvalue weighted by atomic mass is 10.2. The van der Waals surface area contributed by atoms with Gasteiger partial charge in [-0.25, -0.2) is 4.39 Å². The van der Waals surface area contributed by atoms with E-state index in [4.69, 9.17) is 0 Å². The predicted octanol–water partition coefficient (Wildman–Crippen LogP) is 3.14. The monoisotopic (exact) mass is 317 g/mol. The van der Waals surface area contributed by atoms with E-state index in [2.05, 4.69) is 9.88 Å². The summed E-state index contributed by atoms with van der Waals surface area (Å²) in [4.78, 5) is 19.7. The Hall–Kier alpha value is -1.88. The van der Waals surface area contributed by atoms with Crippen LogP contribution in [0.4, 0.5) is 4.39 Å². The molecule has 1 N–H and O–H groups in total. The second kappa shape index (κ2) is 7.13. The maximum atomic E-state index is 13.2. The van der Waals surface area contributed by atoms with Gasteiger partial charge in [0.2, 0.25) is 5.91 Å². The van der Waals surface area contributed by atoms with Gasteiger partial charge in [-0.1, -0.05) is 12.8 Å². The molecule has 0 spiro atoms. The zero-order chi connectivity index (χ0) is 16.2. The highest BCUT2D eigenvalue weighted by atomic mass is 19.1. The van der Waals surface area contributed by atoms with Crippen molar-refractivity contribution in [2.24, 2.45) is 0 Å². The molecule has 0 aliphatic carbocycles. The molecule has 5 heteroatoms. The molecule has 23 heavy (non-hydrogen) atoms. The van der Waals surface area contributed by atoms with E-state index in [1.165, 1.54) is 37.8 Å². The first-order valence-electron chi connectivity index (χ1n) is 8.35. The third-order valence-electron chi connectivity index (χ3n) is 4.53. The fraction of sp³-hybridized carbons (Fsp3) is 0.500. The van der Waals surface area contributed by atoms with Crippen molar-refractivity contribution in [3.63, 3.8) is 0 Å². The van der Waals surface area contributed by atoms with Crippen molar-refractivity contribution in [3.05, 3.63) is 35.8 Å². The minimum Gasteiger partial charge on any atom is -0.357 e. The smallest absolute Gasteiger partial charge is 0.236 e. The van der Waals surface area contributed by atoms with Gasteiger partial charge >= 0.3 is 0 Å². The van der Waals surface area contributed by atoms with Gasteiger partial charge in [0.15, 0.2) is 0 Å². The van der Waals surface area contributed by atoms with Crippen molar-refractivity contribution in [1.29, 1.82) is 0 Å². The van der Waals surface area contributed by atoms with Crippen LogP contribution in [0.25, 0.3) is 10.9 Å². The molecule has 1 fully saturated rings. The van der Waals surface area contributed by atoms with Gasteiger partial charge in [0.1, 0.15) is 5.82 Å². The van der Waals surface area contributed by atoms with Gasteiger partial charge in [-0.2, -0.15) is 0 Å². The number of H-pyrrole nitrogens is 1. The van der Waals surface area contributed by atoms with Gasteiger partial charge in [-0.3, -0.25) is 9.69 Å². The summed E-state index contributed by atoms with van der Waals surface area (Å²) in [5.41, 5.74) is 1.83. The summed E-state index contributed by atoms with van der Waals surface area (Å²) in [6.45, 7) is 3.05. The van der Waals surface area contributed by atoms with Crippen molar-refractivity contribution < 1.29 is 9.18 Å². The average molecular weight is 317 g/mol. The molecule has 0 unspecified atom stereocenters. The lowest BCUT2D eigenvalue weighted by Gasteiger charge is -2.23. The van der Waals surface area contributed by atoms with E-state index in [0.29, 0.717) is 13.1 Å². The van der Waals surface area contributed by atoms with Gasteiger partial charge in [0.05, 0.1) is 13.1 Å². The van der Waals surface area contributed by atoms with Crippen LogP contribution in [0.2, 0.25) is 0 Å². The lowest BCUT2D eigenvalue weighted by Crippen LogP contribution is -2.38. The Morgan fingerprint density at radius 1 is 1.22 bits per heavy atom. The summed E-state index contributed by atoms with van der Waals surface area (Å²) in [6, 6.07) is 6.59. The largest absolute Gasteiger partial charge is 0.357 e. The van der Waals surface area contributed by atoms with E-state index in [9.17, 15) is 9.18 Å². The number of likely N-dealkylation sites (N-methyl/N-ethyl adjacent to an activating group) is 1. The van der Waals surface area contributed by atoms with Gasteiger partial charge in [-0.15, -0.1) is 0 Å². The molecule has 0 atom stereocenters. The number of likely N-dealkylation sites (tertiary alicyclic amines) is 1. The number of amides is 1. The molecule has 1 aromatic heterocycles. The molecule has 124 valence electrons. The quantitative estimate of drug-likeness (QED) is 0.941. The Morgan fingerprint density at radius 3 is 2.70 bits per heavy atom. The number of hydrogen-bond donors (Lipinski definition) is 1. The van der Waals surface area contributed by atoms with E-state index in [1.807, 2.05) is 13.1 Å². The van der Waals surface area contributed by atoms with Crippen molar-refractivity contribution in [3.8, 4) is 0 Å². The topological polar surface area (TPSA) is 39.3 Å². The Bertz CT molecular complexity index is 674. The van der Waals surface area contributed by atoms with Crippen molar-refractivity contribution in [1.82, 2.24) is 14.8 Å². The molecule has 0 saturated carbocycles. The zero-order valence-corrected chi connectivity index (χ0v) is 13.6. The van der Waals surface area contributed by atoms with Crippen LogP contribution in [-0.2, 0) is 11.3 Å². The maximum Gasteiger partial charge on any atom is 0.236 e. The zero-order valence-electron chi connectivity index (χ0n) is 13.6. The van der Waals surface area contributed by atoms with Crippen LogP contribution in [0.15, 0.2) is 24.3 Å². The van der Waals surface area contributed by atoms with Gasteiger partial charge in [0.25, 0.3) is 0 Å². The minimum absolute atomic E-state index is 0.136. The number of rotatable bonds is 4. The number of hydrogen-bond acceptors (Lipinski definition) is 2. The highest BCUT2D eigenvalue weighted by molar-refractivity contribution is 5.81. The molecule has 2 heterocycles. The number of nitrogens with one attached hydrogen (secondary N) is 1. The Morgan fingerprint density at radius 2 is 1.96 bits per heavy atom. The molecule has 1 amide bonds. The maximum absolute atomic E-state index is 13.2. The number of aromatic nitrogens is 1. The van der Waals surface area contributed by atoms with Gasteiger partial charge < -0.3 is 9.88 Å². The number of fused-ring (bicyclic) bond motifs is 1. The number of benzene rings is 1. The normalized spacial score (nSPS) is 16.4. The molecule has 1 aliphatic rings. The van der Waals surface area contributed by atoms with E-state index >= 15 is 0 Å². The SMILES string of the molecule is CN(Cc1cc2cc(F)ccc2[nH]1)C(=O)CN1CCCCCC1. The first kappa shape index (κ1) is 16.0. The highest BCUT2D eigenvalue weighted by Crippen LogP contribution is 2.17. The number of carbonyl (C=O) groups excluding carboxylic acids is 1. The molecule has 1 saturated heterocycles. The molecular weight excluding hydrogens is 293 g/mol. The summed E-state index contributed by atoms with van der Waals surface area (Å²) in [7, 11) is 1.83. The Labute approximate surface area is 136 Å². The Kier molecular flexibility index (Phi) is 4.96. The Balaban J connectivity index is 1.60. The van der Waals surface area contributed by atoms with Crippen molar-refractivity contribution in [2.45, 2.75) is 32.2 Å². The molecule has 3 rings (SSSR count). The average Bonchev–Trinajstić information content (AvgIpc) is 2.73. The molecule has 0 bridgehead atoms. The summed E-state index contributed by atoms with van der Waals surface area (Å²) >= 11 is 0. The highest BCUT2D eigenvalue weighted by Gasteiger charge is 2.16. The third kappa shape index (κ3) is 4.10. The number of carbonyl (C=O) groups is 1. The fourth-order valence-electron chi connectivity index (χ4n) is 3.20. The summed E-state index contributed by atoms with van der Waals surface area (Å²) in [6.07, 6.45) is 4.91. The van der Waals surface area contributed by atoms with Crippen LogP contribution in [0, 0.1) is 5.82 Å². The standard InChI is InChI=1S/C18H24FN3O/c1-21(18(23)13-22-8-4-2-3-5-9-22)12-16-11-14-10-15(19)6-7-17(14)20-16/h6-7,10-11,20H,2-5,8-9,12-13H2,1H3. The molecule has 4 nitrogen and oxygen atoms in total. The molecular formula is C18H24FN3O. The second-order valence-electron chi connectivity index (χ2n) is 6.47. The van der Waals surface area contributed by atoms with Crippen molar-refractivity contribution >= 4 is 16.8 Å². The van der Waals surface area contributed by atoms with E-state index < -0.39 is 0 Å². The van der Waals surface area contributed by atoms with Crippen LogP contribution in [0.3, 0.4) is 0 Å². The number of aromatic amines is 1. The van der Waals surface area contributed by atoms with Crippen LogP contribution < -0.4 is 0 Å². The van der Waals surface area contributed by atoms with E-state index in [1.54, 1.807) is 11.0 Å². The van der Waals surface area contributed by atoms with Crippen LogP contribution in [-0.4, -0.2) is 47.4 Å². The van der Waals surface area contributed by atoms with Crippen LogP contribution in [0.5, 0.6) is 0 Å². The van der Waals surface area contributed by atoms with Crippen molar-refractivity contribution in [2.75, 3.05) is 26.7 Å². The lowest BCUT2D eigenvalue weighted by molar-refractivity contribution is -0.131. The molecule has 1 aromatic carbocycles. The van der Waals surface area contributed by atoms with Gasteiger partial charge in [0, 0.05) is 23.6 Å². The fourth-order valence-corrected chi connectivity index (χ4v) is 3.20. The van der Waals surface area contributed by atoms with E-state index in [0.717, 1.165) is 29.7 Å². The van der Waals surface area contributed by atoms with Gasteiger partial charge in [-0.05, 0) is 50.2 Å². The third-order valence-corrected chi connectivity index (χ3v) is 4.53. The molecule has 0 radical (unpaired) electrons. The number of nitrogens with zero attached hydrogens (tertiary/aromatic N) is 2. The minimum atomic E-state index is -0.242. The summed E-state index contributed by atoms with van der Waals surface area (Å²) in [5, 5.41) is 0.841. The van der Waals surface area contributed by atoms with Crippen LogP contribution >= 0.6 is 0 Å². The number of halogens is 1. The summed E-state index contributed by atoms with van der Waals surface area (Å²) in [5.74, 6) is -0.106.